The summed E-state index contributed by atoms with van der Waals surface area (Å²) in [5.74, 6) is 2.45. The van der Waals surface area contributed by atoms with Gasteiger partial charge in [-0.1, -0.05) is 92.3 Å². The van der Waals surface area contributed by atoms with Crippen LogP contribution in [0.4, 0.5) is 0 Å². The van der Waals surface area contributed by atoms with Crippen LogP contribution in [0.25, 0.3) is 66.6 Å². The first-order chi connectivity index (χ1) is 24.2. The summed E-state index contributed by atoms with van der Waals surface area (Å²) in [6.07, 6.45) is 3.63. The van der Waals surface area contributed by atoms with Crippen molar-refractivity contribution in [2.75, 3.05) is 0 Å². The van der Waals surface area contributed by atoms with Crippen LogP contribution in [0.15, 0.2) is 114 Å². The molecule has 0 radical (unpaired) electrons. The molecule has 51 heavy (non-hydrogen) atoms. The van der Waals surface area contributed by atoms with E-state index in [4.69, 9.17) is 14.1 Å². The fraction of sp³-hybridized carbons (Fsp3) is 0.140. The van der Waals surface area contributed by atoms with Gasteiger partial charge in [-0.15, -0.1) is 34.2 Å². The molecule has 0 N–H and O–H groups in total. The van der Waals surface area contributed by atoms with Crippen LogP contribution in [0, 0.1) is 26.0 Å². The predicted octanol–water partition coefficient (Wildman–Crippen LogP) is 10.6. The Morgan fingerprint density at radius 3 is 2.33 bits per heavy atom. The van der Waals surface area contributed by atoms with E-state index in [0.29, 0.717) is 22.9 Å². The van der Waals surface area contributed by atoms with Gasteiger partial charge in [-0.25, -0.2) is 4.98 Å². The number of fused-ring (bicyclic) bond motifs is 6. The van der Waals surface area contributed by atoms with Crippen LogP contribution in [-0.2, 0) is 26.5 Å². The van der Waals surface area contributed by atoms with Crippen LogP contribution < -0.4 is 4.74 Å². The van der Waals surface area contributed by atoms with Crippen molar-refractivity contribution in [3.8, 4) is 34.4 Å². The van der Waals surface area contributed by atoms with Gasteiger partial charge in [0.25, 0.3) is 0 Å². The minimum absolute atomic E-state index is 0. The van der Waals surface area contributed by atoms with Crippen LogP contribution in [-0.4, -0.2) is 24.3 Å². The molecule has 0 atom stereocenters. The molecule has 4 aromatic heterocycles. The Hall–Kier alpha value is -5.52. The summed E-state index contributed by atoms with van der Waals surface area (Å²) in [5.41, 5.74) is 8.47. The molecule has 0 saturated heterocycles. The van der Waals surface area contributed by atoms with E-state index in [0.717, 1.165) is 66.4 Å². The van der Waals surface area contributed by atoms with Crippen molar-refractivity contribution in [2.24, 2.45) is 0 Å². The summed E-state index contributed by atoms with van der Waals surface area (Å²) in [7, 11) is 0. The standard InChI is InChI=1S/C43H33N5O2.Pt/c1-26-11-10-12-27(2)40(26)47-25-45-46-42(47)28-21-34-33-14-7-9-16-37(33)50-41(34)38(22-28)49-30-17-18-32-31-13-6-8-15-35(31)48(36(32)24-30)39-23-29(19-20-44-39)43(3,4)5;/h6-21,23,25H,1-5H3;/q-2;+2. The second kappa shape index (κ2) is 12.4. The molecule has 0 spiro atoms. The summed E-state index contributed by atoms with van der Waals surface area (Å²) >= 11 is 0. The van der Waals surface area contributed by atoms with E-state index in [9.17, 15) is 0 Å². The van der Waals surface area contributed by atoms with Gasteiger partial charge in [-0.3, -0.25) is 0 Å². The van der Waals surface area contributed by atoms with E-state index < -0.39 is 0 Å². The van der Waals surface area contributed by atoms with Gasteiger partial charge in [0.2, 0.25) is 0 Å². The number of hydrogen-bond acceptors (Lipinski definition) is 5. The quantitative estimate of drug-likeness (QED) is 0.161. The largest absolute Gasteiger partial charge is 2.00 e. The molecule has 8 heteroatoms. The fourth-order valence-corrected chi connectivity index (χ4v) is 6.99. The van der Waals surface area contributed by atoms with Crippen molar-refractivity contribution in [3.63, 3.8) is 0 Å². The van der Waals surface area contributed by atoms with E-state index in [2.05, 4.69) is 134 Å². The van der Waals surface area contributed by atoms with Crippen molar-refractivity contribution < 1.29 is 30.2 Å². The summed E-state index contributed by atoms with van der Waals surface area (Å²) in [6.45, 7) is 10.8. The summed E-state index contributed by atoms with van der Waals surface area (Å²) in [6, 6.07) is 40.1. The Balaban J connectivity index is 0.00000374. The normalized spacial score (nSPS) is 11.9. The monoisotopic (exact) mass is 846 g/mol. The number of para-hydroxylation sites is 3. The number of nitrogens with zero attached hydrogens (tertiary/aromatic N) is 5. The Labute approximate surface area is 309 Å². The van der Waals surface area contributed by atoms with E-state index in [1.165, 1.54) is 5.56 Å². The van der Waals surface area contributed by atoms with Crippen LogP contribution in [0.5, 0.6) is 11.5 Å². The molecule has 252 valence electrons. The summed E-state index contributed by atoms with van der Waals surface area (Å²) < 4.78 is 17.3. The van der Waals surface area contributed by atoms with Crippen molar-refractivity contribution in [3.05, 3.63) is 138 Å². The molecule has 9 aromatic rings. The summed E-state index contributed by atoms with van der Waals surface area (Å²) in [5, 5.41) is 13.0. The maximum atomic E-state index is 6.73. The first kappa shape index (κ1) is 32.7. The molecular formula is C43H33N5O2Pt. The number of furan rings is 1. The average Bonchev–Trinajstić information content (AvgIpc) is 3.82. The first-order valence-corrected chi connectivity index (χ1v) is 16.7. The molecule has 0 aliphatic rings. The number of aryl methyl sites for hydroxylation is 2. The topological polar surface area (TPSA) is 70.9 Å². The number of pyridine rings is 1. The molecule has 0 aliphatic carbocycles. The van der Waals surface area contributed by atoms with Crippen LogP contribution in [0.3, 0.4) is 0 Å². The Morgan fingerprint density at radius 2 is 1.53 bits per heavy atom. The maximum Gasteiger partial charge on any atom is 2.00 e. The fourth-order valence-electron chi connectivity index (χ4n) is 6.99. The Bertz CT molecular complexity index is 2750. The van der Waals surface area contributed by atoms with Gasteiger partial charge in [0.15, 0.2) is 0 Å². The number of ether oxygens (including phenoxy) is 1. The van der Waals surface area contributed by atoms with Gasteiger partial charge in [-0.05, 0) is 65.6 Å². The van der Waals surface area contributed by atoms with Crippen molar-refractivity contribution >= 4 is 43.7 Å². The zero-order valence-electron chi connectivity index (χ0n) is 28.8. The molecule has 0 amide bonds. The minimum Gasteiger partial charge on any atom is -0.499 e. The van der Waals surface area contributed by atoms with Crippen molar-refractivity contribution in [1.82, 2.24) is 24.3 Å². The zero-order valence-corrected chi connectivity index (χ0v) is 31.0. The number of hydrogen-bond donors (Lipinski definition) is 0. The van der Waals surface area contributed by atoms with E-state index in [-0.39, 0.29) is 26.5 Å². The molecule has 0 bridgehead atoms. The average molecular weight is 847 g/mol. The first-order valence-electron chi connectivity index (χ1n) is 16.7. The molecule has 0 aliphatic heterocycles. The van der Waals surface area contributed by atoms with Crippen molar-refractivity contribution in [1.29, 1.82) is 0 Å². The summed E-state index contributed by atoms with van der Waals surface area (Å²) in [4.78, 5) is 4.83. The third-order valence-corrected chi connectivity index (χ3v) is 9.46. The third kappa shape index (κ3) is 5.44. The van der Waals surface area contributed by atoms with Crippen LogP contribution in [0.2, 0.25) is 0 Å². The van der Waals surface area contributed by atoms with Crippen LogP contribution in [0.1, 0.15) is 37.5 Å². The van der Waals surface area contributed by atoms with Gasteiger partial charge in [0.1, 0.15) is 17.7 Å². The predicted molar refractivity (Wildman–Crippen MR) is 199 cm³/mol. The zero-order chi connectivity index (χ0) is 34.1. The second-order valence-corrected chi connectivity index (χ2v) is 13.8. The number of aromatic nitrogens is 5. The number of benzene rings is 5. The molecule has 7 nitrogen and oxygen atoms in total. The Kier molecular flexibility index (Phi) is 7.92. The van der Waals surface area contributed by atoms with Gasteiger partial charge in [0, 0.05) is 28.5 Å². The smallest absolute Gasteiger partial charge is 0.499 e. The molecule has 0 unspecified atom stereocenters. The van der Waals surface area contributed by atoms with Crippen molar-refractivity contribution in [2.45, 2.75) is 40.0 Å². The molecule has 5 aromatic carbocycles. The molecular weight excluding hydrogens is 814 g/mol. The SMILES string of the molecule is Cc1cccc(C)c1-n1cnnc1-c1[c-]c(Oc2[c-]c3c(cc2)c2ccccc2n3-c2cc(C(C)(C)C)ccn2)c2oc3ccccc3c2c1.[Pt+2]. The number of rotatable bonds is 5. The van der Waals surface area contributed by atoms with Gasteiger partial charge in [0.05, 0.1) is 17.2 Å². The maximum absolute atomic E-state index is 6.73. The van der Waals surface area contributed by atoms with Gasteiger partial charge in [-0.2, -0.15) is 11.2 Å². The van der Waals surface area contributed by atoms with E-state index in [1.54, 1.807) is 6.33 Å². The van der Waals surface area contributed by atoms with Gasteiger partial charge < -0.3 is 18.3 Å². The molecule has 0 fully saturated rings. The van der Waals surface area contributed by atoms with Gasteiger partial charge >= 0.3 is 21.1 Å². The minimum atomic E-state index is -0.0324. The van der Waals surface area contributed by atoms with Crippen LogP contribution >= 0.6 is 0 Å². The third-order valence-electron chi connectivity index (χ3n) is 9.46. The Morgan fingerprint density at radius 1 is 0.765 bits per heavy atom. The molecule has 9 rings (SSSR count). The van der Waals surface area contributed by atoms with E-state index >= 15 is 0 Å². The molecule has 4 heterocycles. The molecule has 0 saturated carbocycles. The second-order valence-electron chi connectivity index (χ2n) is 13.8. The van der Waals surface area contributed by atoms with E-state index in [1.807, 2.05) is 35.0 Å².